The van der Waals surface area contributed by atoms with Crippen molar-refractivity contribution in [2.45, 2.75) is 56.5 Å². The standard InChI is InChI=1S/C20H30O8/c1-4-18(21)25-12-16-7-6-15(27-16)10-23-14-24-11-17-8-9-20(3,28-17)13-26-19(22)5-2/h4-5,15-17H,1-2,6-14H2,3H3. The number of rotatable bonds is 12. The van der Waals surface area contributed by atoms with Gasteiger partial charge in [-0.3, -0.25) is 0 Å². The summed E-state index contributed by atoms with van der Waals surface area (Å²) in [6.07, 6.45) is 5.40. The van der Waals surface area contributed by atoms with E-state index in [0.29, 0.717) is 13.2 Å². The van der Waals surface area contributed by atoms with E-state index >= 15 is 0 Å². The van der Waals surface area contributed by atoms with Gasteiger partial charge in [-0.25, -0.2) is 9.59 Å². The van der Waals surface area contributed by atoms with Crippen molar-refractivity contribution in [2.24, 2.45) is 0 Å². The number of ether oxygens (including phenoxy) is 6. The topological polar surface area (TPSA) is 89.5 Å². The first-order valence-corrected chi connectivity index (χ1v) is 9.51. The zero-order chi connectivity index (χ0) is 20.4. The highest BCUT2D eigenvalue weighted by atomic mass is 16.7. The Labute approximate surface area is 165 Å². The predicted molar refractivity (Wildman–Crippen MR) is 99.5 cm³/mol. The average Bonchev–Trinajstić information content (AvgIpc) is 3.31. The van der Waals surface area contributed by atoms with Gasteiger partial charge < -0.3 is 28.4 Å². The average molecular weight is 398 g/mol. The largest absolute Gasteiger partial charge is 0.460 e. The van der Waals surface area contributed by atoms with Crippen molar-refractivity contribution in [2.75, 3.05) is 33.2 Å². The summed E-state index contributed by atoms with van der Waals surface area (Å²) in [5, 5.41) is 0. The molecule has 8 heteroatoms. The van der Waals surface area contributed by atoms with Gasteiger partial charge in [0.05, 0.1) is 37.1 Å². The van der Waals surface area contributed by atoms with Crippen molar-refractivity contribution in [3.05, 3.63) is 25.3 Å². The molecule has 0 bridgehead atoms. The minimum atomic E-state index is -0.491. The molecule has 2 fully saturated rings. The lowest BCUT2D eigenvalue weighted by atomic mass is 10.0. The fourth-order valence-corrected chi connectivity index (χ4v) is 3.17. The van der Waals surface area contributed by atoms with E-state index in [1.54, 1.807) is 0 Å². The molecular weight excluding hydrogens is 368 g/mol. The highest BCUT2D eigenvalue weighted by Gasteiger charge is 2.37. The molecule has 28 heavy (non-hydrogen) atoms. The SMILES string of the molecule is C=CC(=O)OCC1CCC(COCOCC2CCC(C)(COC(=O)C=C)O2)O1. The molecule has 0 aliphatic carbocycles. The first-order valence-electron chi connectivity index (χ1n) is 9.51. The van der Waals surface area contributed by atoms with Crippen LogP contribution in [0.25, 0.3) is 0 Å². The summed E-state index contributed by atoms with van der Waals surface area (Å²) in [6, 6.07) is 0. The number of carbonyl (C=O) groups excluding carboxylic acids is 2. The molecular formula is C20H30O8. The van der Waals surface area contributed by atoms with Crippen LogP contribution in [0.5, 0.6) is 0 Å². The van der Waals surface area contributed by atoms with Crippen LogP contribution in [-0.2, 0) is 38.0 Å². The molecule has 0 N–H and O–H groups in total. The number of esters is 2. The maximum absolute atomic E-state index is 11.2. The summed E-state index contributed by atoms with van der Waals surface area (Å²) < 4.78 is 32.8. The third-order valence-electron chi connectivity index (χ3n) is 4.68. The summed E-state index contributed by atoms with van der Waals surface area (Å²) in [5.74, 6) is -0.894. The Morgan fingerprint density at radius 3 is 2.25 bits per heavy atom. The van der Waals surface area contributed by atoms with Crippen LogP contribution in [0.4, 0.5) is 0 Å². The van der Waals surface area contributed by atoms with E-state index in [4.69, 9.17) is 28.4 Å². The van der Waals surface area contributed by atoms with Crippen molar-refractivity contribution in [1.29, 1.82) is 0 Å². The van der Waals surface area contributed by atoms with Crippen LogP contribution in [0.2, 0.25) is 0 Å². The summed E-state index contributed by atoms with van der Waals surface area (Å²) in [4.78, 5) is 22.2. The maximum atomic E-state index is 11.2. The molecule has 2 aliphatic heterocycles. The van der Waals surface area contributed by atoms with E-state index in [1.165, 1.54) is 0 Å². The highest BCUT2D eigenvalue weighted by Crippen LogP contribution is 2.30. The van der Waals surface area contributed by atoms with E-state index in [1.807, 2.05) is 6.92 Å². The van der Waals surface area contributed by atoms with Crippen molar-refractivity contribution in [3.63, 3.8) is 0 Å². The molecule has 0 aromatic rings. The van der Waals surface area contributed by atoms with Crippen LogP contribution in [0.15, 0.2) is 25.3 Å². The minimum Gasteiger partial charge on any atom is -0.460 e. The van der Waals surface area contributed by atoms with Crippen molar-refractivity contribution in [3.8, 4) is 0 Å². The van der Waals surface area contributed by atoms with Gasteiger partial charge in [0.25, 0.3) is 0 Å². The van der Waals surface area contributed by atoms with Crippen molar-refractivity contribution < 1.29 is 38.0 Å². The Kier molecular flexibility index (Phi) is 9.11. The highest BCUT2D eigenvalue weighted by molar-refractivity contribution is 5.81. The minimum absolute atomic E-state index is 0.0263. The smallest absolute Gasteiger partial charge is 0.330 e. The first kappa shape index (κ1) is 22.5. The van der Waals surface area contributed by atoms with Gasteiger partial charge in [0, 0.05) is 12.2 Å². The molecule has 2 heterocycles. The Balaban J connectivity index is 1.51. The Morgan fingerprint density at radius 1 is 0.964 bits per heavy atom. The molecule has 0 amide bonds. The lowest BCUT2D eigenvalue weighted by Gasteiger charge is -2.24. The van der Waals surface area contributed by atoms with Crippen LogP contribution in [0, 0.1) is 0 Å². The maximum Gasteiger partial charge on any atom is 0.330 e. The van der Waals surface area contributed by atoms with Crippen LogP contribution in [0.3, 0.4) is 0 Å². The normalized spacial score (nSPS) is 29.4. The van der Waals surface area contributed by atoms with E-state index in [2.05, 4.69) is 13.2 Å². The Morgan fingerprint density at radius 2 is 1.57 bits per heavy atom. The zero-order valence-electron chi connectivity index (χ0n) is 16.4. The molecule has 0 radical (unpaired) electrons. The van der Waals surface area contributed by atoms with Crippen LogP contribution in [-0.4, -0.2) is 69.1 Å². The molecule has 2 rings (SSSR count). The zero-order valence-corrected chi connectivity index (χ0v) is 16.4. The van der Waals surface area contributed by atoms with Gasteiger partial charge in [-0.05, 0) is 32.6 Å². The van der Waals surface area contributed by atoms with Gasteiger partial charge in [-0.2, -0.15) is 0 Å². The molecule has 8 nitrogen and oxygen atoms in total. The third-order valence-corrected chi connectivity index (χ3v) is 4.68. The predicted octanol–water partition coefficient (Wildman–Crippen LogP) is 1.92. The second-order valence-electron chi connectivity index (χ2n) is 7.19. The first-order chi connectivity index (χ1) is 13.4. The lowest BCUT2D eigenvalue weighted by Crippen LogP contribution is -2.33. The molecule has 0 aromatic heterocycles. The quantitative estimate of drug-likeness (QED) is 0.213. The molecule has 4 unspecified atom stereocenters. The summed E-state index contributed by atoms with van der Waals surface area (Å²) >= 11 is 0. The summed E-state index contributed by atoms with van der Waals surface area (Å²) in [6.45, 7) is 10.1. The van der Waals surface area contributed by atoms with Gasteiger partial charge in [-0.15, -0.1) is 0 Å². The third kappa shape index (κ3) is 7.71. The van der Waals surface area contributed by atoms with Crippen molar-refractivity contribution in [1.82, 2.24) is 0 Å². The van der Waals surface area contributed by atoms with E-state index in [0.717, 1.165) is 37.8 Å². The van der Waals surface area contributed by atoms with Gasteiger partial charge in [-0.1, -0.05) is 13.2 Å². The molecule has 2 aliphatic rings. The van der Waals surface area contributed by atoms with Gasteiger partial charge in [0.1, 0.15) is 20.0 Å². The molecule has 158 valence electrons. The van der Waals surface area contributed by atoms with Crippen LogP contribution in [0.1, 0.15) is 32.6 Å². The Hall–Kier alpha value is -1.74. The number of carbonyl (C=O) groups is 2. The second kappa shape index (κ2) is 11.3. The monoisotopic (exact) mass is 398 g/mol. The molecule has 0 aromatic carbocycles. The van der Waals surface area contributed by atoms with Gasteiger partial charge in [0.15, 0.2) is 0 Å². The van der Waals surface area contributed by atoms with Crippen molar-refractivity contribution >= 4 is 11.9 Å². The molecule has 2 saturated heterocycles. The molecule has 4 atom stereocenters. The number of hydrogen-bond donors (Lipinski definition) is 0. The van der Waals surface area contributed by atoms with E-state index < -0.39 is 17.5 Å². The van der Waals surface area contributed by atoms with Gasteiger partial charge in [0.2, 0.25) is 0 Å². The summed E-state index contributed by atoms with van der Waals surface area (Å²) in [5.41, 5.74) is -0.491. The number of hydrogen-bond acceptors (Lipinski definition) is 8. The second-order valence-corrected chi connectivity index (χ2v) is 7.19. The van der Waals surface area contributed by atoms with E-state index in [-0.39, 0.29) is 38.3 Å². The van der Waals surface area contributed by atoms with Crippen LogP contribution >= 0.6 is 0 Å². The van der Waals surface area contributed by atoms with Gasteiger partial charge >= 0.3 is 11.9 Å². The summed E-state index contributed by atoms with van der Waals surface area (Å²) in [7, 11) is 0. The van der Waals surface area contributed by atoms with E-state index in [9.17, 15) is 9.59 Å². The molecule has 0 spiro atoms. The lowest BCUT2D eigenvalue weighted by molar-refractivity contribution is -0.153. The fourth-order valence-electron chi connectivity index (χ4n) is 3.17. The van der Waals surface area contributed by atoms with Crippen LogP contribution < -0.4 is 0 Å². The fraction of sp³-hybridized carbons (Fsp3) is 0.700. The Bertz CT molecular complexity index is 548. The molecule has 0 saturated carbocycles.